The number of halogens is 2. The van der Waals surface area contributed by atoms with Crippen LogP contribution in [0.3, 0.4) is 0 Å². The molecule has 1 rings (SSSR count). The average molecular weight is 200 g/mol. The third-order valence-corrected chi connectivity index (χ3v) is 1.54. The minimum Gasteiger partial charge on any atom is -0.434 e. The van der Waals surface area contributed by atoms with Crippen molar-refractivity contribution < 1.29 is 18.6 Å². The van der Waals surface area contributed by atoms with Gasteiger partial charge in [-0.2, -0.15) is 8.78 Å². The Hall–Kier alpha value is -1.42. The Balaban J connectivity index is 2.85. The van der Waals surface area contributed by atoms with Gasteiger partial charge in [-0.1, -0.05) is 30.4 Å². The number of hydrogen-bond acceptors (Lipinski definition) is 2. The zero-order valence-electron chi connectivity index (χ0n) is 7.36. The molecular formula is C10H10F2O2. The second kappa shape index (κ2) is 5.34. The predicted molar refractivity (Wildman–Crippen MR) is 49.2 cm³/mol. The standard InChI is InChI=1S/C10H10F2O2/c11-10(12)14-9-6-2-1-4-8(9)5-3-7-13/h1-6,10,13H,7H2. The van der Waals surface area contributed by atoms with Crippen LogP contribution >= 0.6 is 0 Å². The van der Waals surface area contributed by atoms with E-state index in [1.807, 2.05) is 0 Å². The Morgan fingerprint density at radius 3 is 2.71 bits per heavy atom. The van der Waals surface area contributed by atoms with Crippen molar-refractivity contribution in [3.8, 4) is 5.75 Å². The first kappa shape index (κ1) is 10.7. The lowest BCUT2D eigenvalue weighted by Crippen LogP contribution is -2.02. The molecule has 0 saturated heterocycles. The molecule has 2 nitrogen and oxygen atoms in total. The summed E-state index contributed by atoms with van der Waals surface area (Å²) in [7, 11) is 0. The number of benzene rings is 1. The Morgan fingerprint density at radius 2 is 2.07 bits per heavy atom. The first-order valence-corrected chi connectivity index (χ1v) is 4.05. The van der Waals surface area contributed by atoms with E-state index in [9.17, 15) is 8.78 Å². The van der Waals surface area contributed by atoms with E-state index in [0.29, 0.717) is 5.56 Å². The van der Waals surface area contributed by atoms with Crippen LogP contribution < -0.4 is 4.74 Å². The number of alkyl halides is 2. The van der Waals surface area contributed by atoms with Crippen LogP contribution in [0.5, 0.6) is 5.75 Å². The van der Waals surface area contributed by atoms with Crippen LogP contribution in [-0.4, -0.2) is 18.3 Å². The topological polar surface area (TPSA) is 29.5 Å². The van der Waals surface area contributed by atoms with Crippen molar-refractivity contribution in [2.45, 2.75) is 6.61 Å². The molecule has 0 amide bonds. The third-order valence-electron chi connectivity index (χ3n) is 1.54. The monoisotopic (exact) mass is 200 g/mol. The molecule has 4 heteroatoms. The lowest BCUT2D eigenvalue weighted by molar-refractivity contribution is -0.0499. The van der Waals surface area contributed by atoms with E-state index >= 15 is 0 Å². The molecule has 0 aromatic heterocycles. The largest absolute Gasteiger partial charge is 0.434 e. The Labute approximate surface area is 80.4 Å². The van der Waals surface area contributed by atoms with Crippen LogP contribution in [0.4, 0.5) is 8.78 Å². The third kappa shape index (κ3) is 3.14. The maximum Gasteiger partial charge on any atom is 0.387 e. The molecule has 0 bridgehead atoms. The van der Waals surface area contributed by atoms with E-state index in [2.05, 4.69) is 4.74 Å². The number of aliphatic hydroxyl groups is 1. The van der Waals surface area contributed by atoms with Gasteiger partial charge in [0.05, 0.1) is 6.61 Å². The second-order valence-electron chi connectivity index (χ2n) is 2.50. The minimum atomic E-state index is -2.83. The Kier molecular flexibility index (Phi) is 4.07. The summed E-state index contributed by atoms with van der Waals surface area (Å²) in [4.78, 5) is 0. The number of para-hydroxylation sites is 1. The zero-order chi connectivity index (χ0) is 10.4. The predicted octanol–water partition coefficient (Wildman–Crippen LogP) is 2.29. The highest BCUT2D eigenvalue weighted by Gasteiger charge is 2.06. The van der Waals surface area contributed by atoms with Gasteiger partial charge in [0.2, 0.25) is 0 Å². The van der Waals surface area contributed by atoms with E-state index in [1.54, 1.807) is 18.2 Å². The van der Waals surface area contributed by atoms with Crippen molar-refractivity contribution in [1.82, 2.24) is 0 Å². The van der Waals surface area contributed by atoms with Crippen molar-refractivity contribution in [2.75, 3.05) is 6.61 Å². The summed E-state index contributed by atoms with van der Waals surface area (Å²) in [6.45, 7) is -2.97. The fourth-order valence-electron chi connectivity index (χ4n) is 1.00. The molecule has 0 unspecified atom stereocenters. The van der Waals surface area contributed by atoms with Crippen molar-refractivity contribution in [2.24, 2.45) is 0 Å². The lowest BCUT2D eigenvalue weighted by atomic mass is 10.2. The molecule has 1 N–H and O–H groups in total. The molecule has 1 aromatic carbocycles. The Bertz CT molecular complexity index is 311. The highest BCUT2D eigenvalue weighted by Crippen LogP contribution is 2.21. The van der Waals surface area contributed by atoms with Crippen LogP contribution in [0.1, 0.15) is 5.56 Å². The number of ether oxygens (including phenoxy) is 1. The molecule has 76 valence electrons. The van der Waals surface area contributed by atoms with Gasteiger partial charge in [0.25, 0.3) is 0 Å². The summed E-state index contributed by atoms with van der Waals surface area (Å²) in [6, 6.07) is 6.39. The SMILES string of the molecule is OCC=Cc1ccccc1OC(F)F. The normalized spacial score (nSPS) is 11.1. The van der Waals surface area contributed by atoms with Gasteiger partial charge in [-0.15, -0.1) is 0 Å². The zero-order valence-corrected chi connectivity index (χ0v) is 7.36. The highest BCUT2D eigenvalue weighted by molar-refractivity contribution is 5.57. The molecule has 1 aromatic rings. The van der Waals surface area contributed by atoms with Crippen molar-refractivity contribution in [3.63, 3.8) is 0 Å². The average Bonchev–Trinajstić information content (AvgIpc) is 2.16. The van der Waals surface area contributed by atoms with Gasteiger partial charge in [-0.05, 0) is 6.07 Å². The van der Waals surface area contributed by atoms with Gasteiger partial charge in [-0.25, -0.2) is 0 Å². The van der Waals surface area contributed by atoms with Gasteiger partial charge in [0, 0.05) is 5.56 Å². The smallest absolute Gasteiger partial charge is 0.387 e. The molecule has 0 aliphatic heterocycles. The maximum atomic E-state index is 11.9. The number of aliphatic hydroxyl groups excluding tert-OH is 1. The first-order valence-electron chi connectivity index (χ1n) is 4.05. The summed E-state index contributed by atoms with van der Waals surface area (Å²) in [5.74, 6) is 0.104. The fourth-order valence-corrected chi connectivity index (χ4v) is 1.00. The Morgan fingerprint density at radius 1 is 1.36 bits per heavy atom. The van der Waals surface area contributed by atoms with E-state index in [-0.39, 0.29) is 12.4 Å². The molecular weight excluding hydrogens is 190 g/mol. The maximum absolute atomic E-state index is 11.9. The summed E-state index contributed by atoms with van der Waals surface area (Å²) in [5.41, 5.74) is 0.516. The van der Waals surface area contributed by atoms with E-state index in [1.165, 1.54) is 18.2 Å². The quantitative estimate of drug-likeness (QED) is 0.808. The molecule has 0 radical (unpaired) electrons. The molecule has 0 atom stereocenters. The van der Waals surface area contributed by atoms with Crippen molar-refractivity contribution in [3.05, 3.63) is 35.9 Å². The van der Waals surface area contributed by atoms with Crippen LogP contribution in [-0.2, 0) is 0 Å². The van der Waals surface area contributed by atoms with Crippen LogP contribution in [0.15, 0.2) is 30.3 Å². The molecule has 0 aliphatic carbocycles. The molecule has 0 heterocycles. The van der Waals surface area contributed by atoms with Gasteiger partial charge in [0.1, 0.15) is 5.75 Å². The van der Waals surface area contributed by atoms with Gasteiger partial charge in [-0.3, -0.25) is 0 Å². The molecule has 14 heavy (non-hydrogen) atoms. The van der Waals surface area contributed by atoms with Crippen molar-refractivity contribution >= 4 is 6.08 Å². The summed E-state index contributed by atoms with van der Waals surface area (Å²) in [6.07, 6.45) is 2.98. The molecule has 0 aliphatic rings. The van der Waals surface area contributed by atoms with Gasteiger partial charge in [0.15, 0.2) is 0 Å². The van der Waals surface area contributed by atoms with Crippen LogP contribution in [0.25, 0.3) is 6.08 Å². The number of hydrogen-bond donors (Lipinski definition) is 1. The molecule has 0 spiro atoms. The molecule has 0 fully saturated rings. The van der Waals surface area contributed by atoms with Crippen LogP contribution in [0, 0.1) is 0 Å². The first-order chi connectivity index (χ1) is 6.74. The van der Waals surface area contributed by atoms with Gasteiger partial charge >= 0.3 is 6.61 Å². The minimum absolute atomic E-state index is 0.104. The number of rotatable bonds is 4. The van der Waals surface area contributed by atoms with E-state index in [4.69, 9.17) is 5.11 Å². The molecule has 0 saturated carbocycles. The van der Waals surface area contributed by atoms with E-state index in [0.717, 1.165) is 0 Å². The summed E-state index contributed by atoms with van der Waals surface area (Å²) >= 11 is 0. The second-order valence-corrected chi connectivity index (χ2v) is 2.50. The van der Waals surface area contributed by atoms with Crippen LogP contribution in [0.2, 0.25) is 0 Å². The highest BCUT2D eigenvalue weighted by atomic mass is 19.3. The lowest BCUT2D eigenvalue weighted by Gasteiger charge is -2.06. The summed E-state index contributed by atoms with van der Waals surface area (Å²) in [5, 5.41) is 8.52. The fraction of sp³-hybridized carbons (Fsp3) is 0.200. The van der Waals surface area contributed by atoms with Gasteiger partial charge < -0.3 is 9.84 Å². The van der Waals surface area contributed by atoms with Crippen molar-refractivity contribution in [1.29, 1.82) is 0 Å². The summed E-state index contributed by atoms with van der Waals surface area (Å²) < 4.78 is 28.1. The van der Waals surface area contributed by atoms with E-state index < -0.39 is 6.61 Å².